The van der Waals surface area contributed by atoms with Crippen LogP contribution in [-0.2, 0) is 28.5 Å². The summed E-state index contributed by atoms with van der Waals surface area (Å²) < 4.78 is 25.9. The molecule has 11 nitrogen and oxygen atoms in total. The van der Waals surface area contributed by atoms with E-state index in [-0.39, 0.29) is 26.1 Å². The third kappa shape index (κ3) is 16.1. The summed E-state index contributed by atoms with van der Waals surface area (Å²) in [5.41, 5.74) is 7.48. The van der Waals surface area contributed by atoms with E-state index in [0.717, 1.165) is 0 Å². The number of hydrogen-bond donors (Lipinski definition) is 0. The molecule has 0 aromatic heterocycles. The van der Waals surface area contributed by atoms with E-state index in [0.29, 0.717) is 39.6 Å². The molecular formula is C17H32N4O7. The maximum Gasteiger partial charge on any atom is 0.410 e. The molecule has 0 aliphatic rings. The van der Waals surface area contributed by atoms with Gasteiger partial charge in [0.15, 0.2) is 0 Å². The molecule has 0 atom stereocenters. The Labute approximate surface area is 165 Å². The van der Waals surface area contributed by atoms with Crippen molar-refractivity contribution in [2.75, 3.05) is 66.4 Å². The van der Waals surface area contributed by atoms with Crippen LogP contribution in [0, 0.1) is 0 Å². The number of methoxy groups -OCH3 is 1. The molecule has 0 aromatic carbocycles. The highest BCUT2D eigenvalue weighted by molar-refractivity contribution is 5.72. The predicted molar refractivity (Wildman–Crippen MR) is 101 cm³/mol. The first kappa shape index (κ1) is 25.9. The van der Waals surface area contributed by atoms with Gasteiger partial charge in [0.25, 0.3) is 0 Å². The molecule has 0 N–H and O–H groups in total. The average molecular weight is 404 g/mol. The minimum atomic E-state index is -0.627. The second-order valence-corrected chi connectivity index (χ2v) is 6.59. The molecule has 0 heterocycles. The summed E-state index contributed by atoms with van der Waals surface area (Å²) in [6.45, 7) is 8.29. The van der Waals surface area contributed by atoms with E-state index in [9.17, 15) is 9.59 Å². The summed E-state index contributed by atoms with van der Waals surface area (Å²) in [7, 11) is 1.30. The zero-order valence-electron chi connectivity index (χ0n) is 17.2. The third-order valence-electron chi connectivity index (χ3n) is 3.11. The molecule has 11 heteroatoms. The number of rotatable bonds is 15. The molecule has 0 unspecified atom stereocenters. The topological polar surface area (TPSA) is 132 Å². The van der Waals surface area contributed by atoms with Crippen LogP contribution in [0.5, 0.6) is 0 Å². The summed E-state index contributed by atoms with van der Waals surface area (Å²) in [6.07, 6.45) is -0.424. The summed E-state index contributed by atoms with van der Waals surface area (Å²) in [5.74, 6) is -0.399. The second kappa shape index (κ2) is 15.9. The highest BCUT2D eigenvalue weighted by atomic mass is 16.6. The van der Waals surface area contributed by atoms with Crippen molar-refractivity contribution in [1.82, 2.24) is 4.90 Å². The number of ether oxygens (including phenoxy) is 5. The Hall–Kier alpha value is -2.07. The minimum Gasteiger partial charge on any atom is -0.469 e. The number of carbonyl (C=O) groups excluding carboxylic acids is 2. The Bertz CT molecular complexity index is 490. The van der Waals surface area contributed by atoms with E-state index in [1.54, 1.807) is 20.8 Å². The van der Waals surface area contributed by atoms with Gasteiger partial charge in [-0.05, 0) is 26.3 Å². The smallest absolute Gasteiger partial charge is 0.410 e. The van der Waals surface area contributed by atoms with Gasteiger partial charge < -0.3 is 28.6 Å². The van der Waals surface area contributed by atoms with Crippen LogP contribution in [0.2, 0.25) is 0 Å². The van der Waals surface area contributed by atoms with Crippen molar-refractivity contribution in [2.24, 2.45) is 5.11 Å². The summed E-state index contributed by atoms with van der Waals surface area (Å²) in [5, 5.41) is 3.35. The molecule has 0 fully saturated rings. The van der Waals surface area contributed by atoms with Crippen molar-refractivity contribution in [3.05, 3.63) is 10.4 Å². The molecule has 162 valence electrons. The first-order valence-electron chi connectivity index (χ1n) is 9.09. The fraction of sp³-hybridized carbons (Fsp3) is 0.882. The number of hydrogen-bond acceptors (Lipinski definition) is 8. The molecule has 0 rings (SSSR count). The van der Waals surface area contributed by atoms with Gasteiger partial charge in [-0.3, -0.25) is 4.79 Å². The average Bonchev–Trinajstić information content (AvgIpc) is 2.63. The van der Waals surface area contributed by atoms with Crippen LogP contribution in [0.4, 0.5) is 4.79 Å². The lowest BCUT2D eigenvalue weighted by molar-refractivity contribution is -0.140. The Morgan fingerprint density at radius 3 is 2.07 bits per heavy atom. The van der Waals surface area contributed by atoms with Crippen LogP contribution in [0.3, 0.4) is 0 Å². The van der Waals surface area contributed by atoms with Crippen LogP contribution in [0.15, 0.2) is 5.11 Å². The number of carbonyl (C=O) groups is 2. The van der Waals surface area contributed by atoms with Crippen LogP contribution in [-0.4, -0.2) is 88.9 Å². The van der Waals surface area contributed by atoms with Crippen LogP contribution >= 0.6 is 0 Å². The fourth-order valence-electron chi connectivity index (χ4n) is 1.82. The standard InChI is InChI=1S/C17H32N4O7/c1-17(2,3)28-16(23)21(7-5-15(22)24-4)8-10-26-12-14-27-13-11-25-9-6-19-20-18/h5-14H2,1-4H3. The number of nitrogens with zero attached hydrogens (tertiary/aromatic N) is 4. The zero-order chi connectivity index (χ0) is 21.3. The second-order valence-electron chi connectivity index (χ2n) is 6.59. The Kier molecular flexibility index (Phi) is 14.8. The first-order chi connectivity index (χ1) is 13.3. The van der Waals surface area contributed by atoms with Gasteiger partial charge in [0.05, 0.1) is 53.2 Å². The highest BCUT2D eigenvalue weighted by Crippen LogP contribution is 2.10. The van der Waals surface area contributed by atoms with Crippen molar-refractivity contribution in [2.45, 2.75) is 32.8 Å². The van der Waals surface area contributed by atoms with Crippen LogP contribution < -0.4 is 0 Å². The number of amides is 1. The molecular weight excluding hydrogens is 372 g/mol. The van der Waals surface area contributed by atoms with Gasteiger partial charge in [0, 0.05) is 24.5 Å². The summed E-state index contributed by atoms with van der Waals surface area (Å²) >= 11 is 0. The number of esters is 1. The van der Waals surface area contributed by atoms with Gasteiger partial charge in [0.2, 0.25) is 0 Å². The van der Waals surface area contributed by atoms with Crippen molar-refractivity contribution in [1.29, 1.82) is 0 Å². The maximum atomic E-state index is 12.2. The van der Waals surface area contributed by atoms with Gasteiger partial charge in [-0.25, -0.2) is 4.79 Å². The van der Waals surface area contributed by atoms with E-state index >= 15 is 0 Å². The first-order valence-corrected chi connectivity index (χ1v) is 9.09. The van der Waals surface area contributed by atoms with E-state index in [1.807, 2.05) is 0 Å². The van der Waals surface area contributed by atoms with Gasteiger partial charge in [0.1, 0.15) is 5.60 Å². The predicted octanol–water partition coefficient (Wildman–Crippen LogP) is 2.15. The number of azide groups is 1. The molecule has 0 aromatic rings. The lowest BCUT2D eigenvalue weighted by atomic mass is 10.2. The van der Waals surface area contributed by atoms with E-state index in [4.69, 9.17) is 24.5 Å². The van der Waals surface area contributed by atoms with Crippen molar-refractivity contribution >= 4 is 12.1 Å². The molecule has 0 spiro atoms. The molecule has 1 amide bonds. The van der Waals surface area contributed by atoms with Gasteiger partial charge in [-0.2, -0.15) is 0 Å². The summed E-state index contributed by atoms with van der Waals surface area (Å²) in [4.78, 5) is 27.6. The molecule has 0 aliphatic heterocycles. The van der Waals surface area contributed by atoms with E-state index in [1.165, 1.54) is 12.0 Å². The molecule has 28 heavy (non-hydrogen) atoms. The maximum absolute atomic E-state index is 12.2. The molecule has 0 aliphatic carbocycles. The lowest BCUT2D eigenvalue weighted by Crippen LogP contribution is -2.40. The molecule has 0 saturated heterocycles. The molecule has 0 saturated carbocycles. The van der Waals surface area contributed by atoms with Gasteiger partial charge in [-0.15, -0.1) is 0 Å². The Balaban J connectivity index is 3.95. The van der Waals surface area contributed by atoms with Gasteiger partial charge in [-0.1, -0.05) is 5.11 Å². The molecule has 0 radical (unpaired) electrons. The highest BCUT2D eigenvalue weighted by Gasteiger charge is 2.22. The summed E-state index contributed by atoms with van der Waals surface area (Å²) in [6, 6.07) is 0. The SMILES string of the molecule is COC(=O)CCN(CCOCCOCCOCCN=[N+]=[N-])C(=O)OC(C)(C)C. The van der Waals surface area contributed by atoms with Crippen molar-refractivity contribution in [3.63, 3.8) is 0 Å². The van der Waals surface area contributed by atoms with Crippen LogP contribution in [0.25, 0.3) is 10.4 Å². The fourth-order valence-corrected chi connectivity index (χ4v) is 1.82. The normalized spacial score (nSPS) is 10.9. The molecule has 0 bridgehead atoms. The van der Waals surface area contributed by atoms with Crippen molar-refractivity contribution in [3.8, 4) is 0 Å². The Morgan fingerprint density at radius 1 is 0.964 bits per heavy atom. The largest absolute Gasteiger partial charge is 0.469 e. The quantitative estimate of drug-likeness (QED) is 0.134. The lowest BCUT2D eigenvalue weighted by Gasteiger charge is -2.27. The monoisotopic (exact) mass is 404 g/mol. The third-order valence-corrected chi connectivity index (χ3v) is 3.11. The van der Waals surface area contributed by atoms with E-state index < -0.39 is 17.7 Å². The van der Waals surface area contributed by atoms with Gasteiger partial charge >= 0.3 is 12.1 Å². The van der Waals surface area contributed by atoms with E-state index in [2.05, 4.69) is 14.8 Å². The van der Waals surface area contributed by atoms with Crippen molar-refractivity contribution < 1.29 is 33.3 Å². The zero-order valence-corrected chi connectivity index (χ0v) is 17.2. The van der Waals surface area contributed by atoms with Crippen LogP contribution in [0.1, 0.15) is 27.2 Å². The Morgan fingerprint density at radius 2 is 1.54 bits per heavy atom. The minimum absolute atomic E-state index is 0.0819.